The molecule has 15 rings (SSSR count). The molecule has 3 aromatic heterocycles. The van der Waals surface area contributed by atoms with Crippen molar-refractivity contribution in [3.63, 3.8) is 0 Å². The SMILES string of the molecule is [2H]c1c([2H])c([2H])c(-c2cccc(-c3c([2H])c([2H])c([2H])c([2H])c3[2H])c2-[n+]2[c-]n(-c3[c-]c(Oc4[c-]c5c(cc4)c4ccccc4n5-c4cc(C(C)(C)C)ccn4)cc(-c4cc5c6c(c4)Oc4ccccc4B6c4ccccc4O5)c3)c3ccccc32)c([2H])c1[2H].[Pt]. The number of nitrogens with zero attached hydrogens (tertiary/aromatic N) is 4. The van der Waals surface area contributed by atoms with Gasteiger partial charge in [-0.2, -0.15) is 12.1 Å². The third-order valence-electron chi connectivity index (χ3n) is 14.7. The average Bonchev–Trinajstić information content (AvgIpc) is 1.91. The zero-order chi connectivity index (χ0) is 60.8. The number of hydrogen-bond donors (Lipinski definition) is 0. The van der Waals surface area contributed by atoms with E-state index in [0.29, 0.717) is 45.1 Å². The second kappa shape index (κ2) is 19.0. The molecule has 5 heterocycles. The molecule has 79 heavy (non-hydrogen) atoms. The van der Waals surface area contributed by atoms with E-state index in [1.54, 1.807) is 27.3 Å². The van der Waals surface area contributed by atoms with E-state index in [2.05, 4.69) is 74.1 Å². The predicted octanol–water partition coefficient (Wildman–Crippen LogP) is 14.6. The molecule has 0 bridgehead atoms. The third-order valence-corrected chi connectivity index (χ3v) is 14.7. The summed E-state index contributed by atoms with van der Waals surface area (Å²) in [5.74, 6) is 4.04. The molecule has 0 N–H and O–H groups in total. The first-order valence-corrected chi connectivity index (χ1v) is 25.6. The number of para-hydroxylation sites is 6. The van der Waals surface area contributed by atoms with Crippen LogP contribution in [-0.4, -0.2) is 20.8 Å². The first-order valence-electron chi connectivity index (χ1n) is 30.6. The Morgan fingerprint density at radius 2 is 1.19 bits per heavy atom. The van der Waals surface area contributed by atoms with Crippen LogP contribution in [0.1, 0.15) is 40.0 Å². The molecule has 380 valence electrons. The van der Waals surface area contributed by atoms with Crippen LogP contribution in [0.2, 0.25) is 0 Å². The molecular formula is C70H47BN4O3Pt-2. The second-order valence-corrected chi connectivity index (χ2v) is 20.4. The fraction of sp³-hybridized carbons (Fsp3) is 0.0571. The smallest absolute Gasteiger partial charge is 0.268 e. The van der Waals surface area contributed by atoms with Crippen molar-refractivity contribution >= 4 is 55.9 Å². The molecule has 0 spiro atoms. The van der Waals surface area contributed by atoms with Gasteiger partial charge in [-0.3, -0.25) is 4.57 Å². The Morgan fingerprint density at radius 1 is 0.570 bits per heavy atom. The van der Waals surface area contributed by atoms with E-state index in [1.807, 2.05) is 121 Å². The zero-order valence-electron chi connectivity index (χ0n) is 52.6. The summed E-state index contributed by atoms with van der Waals surface area (Å²) in [6, 6.07) is 53.8. The molecule has 0 aliphatic carbocycles. The van der Waals surface area contributed by atoms with Gasteiger partial charge in [0.25, 0.3) is 13.0 Å². The number of imidazole rings is 1. The van der Waals surface area contributed by atoms with Gasteiger partial charge in [0.05, 0.1) is 30.4 Å². The van der Waals surface area contributed by atoms with Gasteiger partial charge in [0.15, 0.2) is 0 Å². The summed E-state index contributed by atoms with van der Waals surface area (Å²) >= 11 is 0. The van der Waals surface area contributed by atoms with Crippen LogP contribution in [0, 0.1) is 18.5 Å². The Balaban J connectivity index is 0.00000694. The molecule has 13 aromatic rings. The summed E-state index contributed by atoms with van der Waals surface area (Å²) in [5.41, 5.74) is 8.38. The topological polar surface area (TPSA) is 54.3 Å². The van der Waals surface area contributed by atoms with Crippen LogP contribution in [0.4, 0.5) is 0 Å². The fourth-order valence-corrected chi connectivity index (χ4v) is 11.1. The number of benzene rings is 10. The summed E-state index contributed by atoms with van der Waals surface area (Å²) in [6.45, 7) is 6.34. The molecule has 0 amide bonds. The Labute approximate surface area is 487 Å². The van der Waals surface area contributed by atoms with Crippen molar-refractivity contribution < 1.29 is 53.6 Å². The van der Waals surface area contributed by atoms with Crippen molar-refractivity contribution in [2.75, 3.05) is 0 Å². The molecule has 2 aliphatic rings. The number of pyridine rings is 1. The molecule has 0 fully saturated rings. The number of fused-ring (bicyclic) bond motifs is 8. The van der Waals surface area contributed by atoms with Crippen molar-refractivity contribution in [2.45, 2.75) is 26.2 Å². The maximum absolute atomic E-state index is 9.24. The van der Waals surface area contributed by atoms with Crippen molar-refractivity contribution in [2.24, 2.45) is 0 Å². The number of ether oxygens (including phenoxy) is 3. The van der Waals surface area contributed by atoms with Crippen LogP contribution in [0.15, 0.2) is 230 Å². The summed E-state index contributed by atoms with van der Waals surface area (Å²) in [5, 5.41) is 1.96. The Kier molecular flexibility index (Phi) is 9.25. The van der Waals surface area contributed by atoms with E-state index < -0.39 is 60.4 Å². The van der Waals surface area contributed by atoms with Crippen LogP contribution >= 0.6 is 0 Å². The predicted molar refractivity (Wildman–Crippen MR) is 313 cm³/mol. The van der Waals surface area contributed by atoms with Gasteiger partial charge >= 0.3 is 0 Å². The minimum atomic E-state index is -0.593. The van der Waals surface area contributed by atoms with E-state index in [-0.39, 0.29) is 66.9 Å². The summed E-state index contributed by atoms with van der Waals surface area (Å²) < 4.78 is 115. The first kappa shape index (κ1) is 38.3. The minimum absolute atomic E-state index is 0. The fourth-order valence-electron chi connectivity index (χ4n) is 11.1. The molecular weight excluding hydrogens is 1150 g/mol. The number of hydrogen-bond acceptors (Lipinski definition) is 4. The third kappa shape index (κ3) is 8.17. The maximum Gasteiger partial charge on any atom is 0.268 e. The van der Waals surface area contributed by atoms with Gasteiger partial charge in [0.2, 0.25) is 0 Å². The summed E-state index contributed by atoms with van der Waals surface area (Å²) in [6.07, 6.45) is 5.36. The van der Waals surface area contributed by atoms with Crippen LogP contribution in [-0.2, 0) is 26.5 Å². The van der Waals surface area contributed by atoms with Gasteiger partial charge in [0, 0.05) is 49.7 Å². The monoisotopic (exact) mass is 1210 g/mol. The van der Waals surface area contributed by atoms with Crippen molar-refractivity contribution in [1.82, 2.24) is 14.1 Å². The summed E-state index contributed by atoms with van der Waals surface area (Å²) in [7, 11) is 0. The average molecular weight is 1210 g/mol. The molecule has 9 heteroatoms. The van der Waals surface area contributed by atoms with Gasteiger partial charge in [-0.15, -0.1) is 35.2 Å². The van der Waals surface area contributed by atoms with Crippen molar-refractivity contribution in [3.05, 3.63) is 254 Å². The minimum Gasteiger partial charge on any atom is -0.510 e. The van der Waals surface area contributed by atoms with Gasteiger partial charge in [-0.1, -0.05) is 184 Å². The molecule has 0 unspecified atom stereocenters. The largest absolute Gasteiger partial charge is 0.510 e. The normalized spacial score (nSPS) is 14.1. The quantitative estimate of drug-likeness (QED) is 0.0864. The standard InChI is InChI=1S/C70H47BN4O3.Pt/c1-70(2,3)49-35-36-72-67(41-49)75-59-28-13-10-23-55(59)56-34-33-51(43-62(56)75)76-52-38-47(48-39-65-68-66(40-48)78-64-32-17-12-27-58(64)71(68)57-26-11-16-31-63(57)77-65)37-50(42-52)73-44-74(61-30-15-14-29-60(61)73)69-53(45-19-6-4-7-20-45)24-18-25-54(69)46-21-8-5-9-22-46;/h4-41H,1-3H3;/q-2;/i4D,5D,6D,7D,8D,9D,19D,20D,21D,22D;. The van der Waals surface area contributed by atoms with Gasteiger partial charge in [-0.05, 0) is 103 Å². The van der Waals surface area contributed by atoms with Crippen molar-refractivity contribution in [3.8, 4) is 85.1 Å². The molecule has 0 saturated carbocycles. The molecule has 0 saturated heterocycles. The Hall–Kier alpha value is -9.23. The number of rotatable bonds is 8. The van der Waals surface area contributed by atoms with E-state index in [4.69, 9.17) is 27.4 Å². The molecule has 0 radical (unpaired) electrons. The first-order chi connectivity index (χ1) is 42.4. The summed E-state index contributed by atoms with van der Waals surface area (Å²) in [4.78, 5) is 4.89. The van der Waals surface area contributed by atoms with E-state index in [9.17, 15) is 5.48 Å². The van der Waals surface area contributed by atoms with Gasteiger partial charge in [-0.25, -0.2) is 4.98 Å². The van der Waals surface area contributed by atoms with E-state index in [0.717, 1.165) is 61.1 Å². The molecule has 10 aromatic carbocycles. The number of aromatic nitrogens is 4. The molecule has 2 aliphatic heterocycles. The van der Waals surface area contributed by atoms with Crippen LogP contribution < -0.4 is 35.2 Å². The maximum atomic E-state index is 9.24. The molecule has 7 nitrogen and oxygen atoms in total. The van der Waals surface area contributed by atoms with E-state index >= 15 is 0 Å². The van der Waals surface area contributed by atoms with Crippen molar-refractivity contribution in [1.29, 1.82) is 0 Å². The van der Waals surface area contributed by atoms with Gasteiger partial charge < -0.3 is 23.3 Å². The van der Waals surface area contributed by atoms with Gasteiger partial charge in [0.1, 0.15) is 28.8 Å². The Morgan fingerprint density at radius 3 is 1.87 bits per heavy atom. The van der Waals surface area contributed by atoms with E-state index in [1.165, 1.54) is 0 Å². The second-order valence-electron chi connectivity index (χ2n) is 20.4. The van der Waals surface area contributed by atoms with Crippen LogP contribution in [0.5, 0.6) is 34.5 Å². The van der Waals surface area contributed by atoms with Crippen LogP contribution in [0.25, 0.3) is 83.4 Å². The Bertz CT molecular complexity index is 4970. The molecule has 0 atom stereocenters. The zero-order valence-corrected chi connectivity index (χ0v) is 44.8. The van der Waals surface area contributed by atoms with Crippen LogP contribution in [0.3, 0.4) is 0 Å².